The molecule has 1 aromatic heterocycles. The standard InChI is InChI=1S/C21H14ClIN2O2/c1-26-19-8-2-13(10-17(19)22)12-24-16-7-9-20-18(11-16)25-21(27-20)14-3-5-15(23)6-4-14/h2-12H,1H3. The van der Waals surface area contributed by atoms with Gasteiger partial charge in [-0.3, -0.25) is 4.99 Å². The second kappa shape index (κ2) is 7.70. The molecule has 0 aliphatic heterocycles. The fourth-order valence-corrected chi connectivity index (χ4v) is 3.25. The number of ether oxygens (including phenoxy) is 1. The van der Waals surface area contributed by atoms with Crippen molar-refractivity contribution in [1.82, 2.24) is 4.98 Å². The zero-order valence-corrected chi connectivity index (χ0v) is 17.2. The first-order valence-electron chi connectivity index (χ1n) is 8.16. The molecular weight excluding hydrogens is 475 g/mol. The summed E-state index contributed by atoms with van der Waals surface area (Å²) in [6.07, 6.45) is 1.76. The van der Waals surface area contributed by atoms with Gasteiger partial charge in [0.25, 0.3) is 0 Å². The number of aromatic nitrogens is 1. The van der Waals surface area contributed by atoms with Crippen LogP contribution in [0.25, 0.3) is 22.6 Å². The zero-order valence-electron chi connectivity index (χ0n) is 14.3. The van der Waals surface area contributed by atoms with Gasteiger partial charge < -0.3 is 9.15 Å². The predicted molar refractivity (Wildman–Crippen MR) is 117 cm³/mol. The van der Waals surface area contributed by atoms with E-state index in [0.29, 0.717) is 16.7 Å². The molecule has 0 N–H and O–H groups in total. The molecule has 0 saturated carbocycles. The summed E-state index contributed by atoms with van der Waals surface area (Å²) < 4.78 is 12.2. The first-order chi connectivity index (χ1) is 13.1. The number of methoxy groups -OCH3 is 1. The lowest BCUT2D eigenvalue weighted by molar-refractivity contribution is 0.415. The molecule has 134 valence electrons. The van der Waals surface area contributed by atoms with E-state index in [1.54, 1.807) is 13.3 Å². The van der Waals surface area contributed by atoms with Crippen molar-refractivity contribution >= 4 is 57.2 Å². The number of hydrogen-bond donors (Lipinski definition) is 0. The molecule has 3 aromatic carbocycles. The largest absolute Gasteiger partial charge is 0.495 e. The van der Waals surface area contributed by atoms with Gasteiger partial charge in [0.2, 0.25) is 5.89 Å². The van der Waals surface area contributed by atoms with Gasteiger partial charge in [-0.1, -0.05) is 11.6 Å². The number of benzene rings is 3. The van der Waals surface area contributed by atoms with E-state index >= 15 is 0 Å². The van der Waals surface area contributed by atoms with E-state index in [0.717, 1.165) is 27.9 Å². The number of nitrogens with zero attached hydrogens (tertiary/aromatic N) is 2. The normalized spacial score (nSPS) is 11.4. The van der Waals surface area contributed by atoms with Crippen LogP contribution in [0.1, 0.15) is 5.56 Å². The highest BCUT2D eigenvalue weighted by Gasteiger charge is 2.08. The van der Waals surface area contributed by atoms with Crippen molar-refractivity contribution in [2.24, 2.45) is 4.99 Å². The molecule has 6 heteroatoms. The molecule has 0 unspecified atom stereocenters. The fraction of sp³-hybridized carbons (Fsp3) is 0.0476. The first-order valence-corrected chi connectivity index (χ1v) is 9.62. The Kier molecular flexibility index (Phi) is 5.13. The van der Waals surface area contributed by atoms with Crippen LogP contribution in [0.5, 0.6) is 5.75 Å². The maximum atomic E-state index is 6.15. The van der Waals surface area contributed by atoms with Crippen molar-refractivity contribution in [2.45, 2.75) is 0 Å². The van der Waals surface area contributed by atoms with E-state index in [1.807, 2.05) is 60.7 Å². The molecule has 0 saturated heterocycles. The summed E-state index contributed by atoms with van der Waals surface area (Å²) in [6, 6.07) is 19.3. The Balaban J connectivity index is 1.61. The predicted octanol–water partition coefficient (Wildman–Crippen LogP) is 6.51. The van der Waals surface area contributed by atoms with Crippen molar-refractivity contribution in [1.29, 1.82) is 0 Å². The SMILES string of the molecule is COc1ccc(C=Nc2ccc3oc(-c4ccc(I)cc4)nc3c2)cc1Cl. The number of fused-ring (bicyclic) bond motifs is 1. The number of oxazole rings is 1. The quantitative estimate of drug-likeness (QED) is 0.243. The Morgan fingerprint density at radius 1 is 1.07 bits per heavy atom. The average molecular weight is 489 g/mol. The summed E-state index contributed by atoms with van der Waals surface area (Å²) >= 11 is 8.42. The third-order valence-electron chi connectivity index (χ3n) is 4.00. The Bertz CT molecular complexity index is 1140. The zero-order chi connectivity index (χ0) is 18.8. The molecule has 4 aromatic rings. The molecule has 0 atom stereocenters. The summed E-state index contributed by atoms with van der Waals surface area (Å²) in [6.45, 7) is 0. The van der Waals surface area contributed by atoms with Crippen LogP contribution in [0.2, 0.25) is 5.02 Å². The number of rotatable bonds is 4. The van der Waals surface area contributed by atoms with Crippen LogP contribution in [0.15, 0.2) is 70.1 Å². The highest BCUT2D eigenvalue weighted by molar-refractivity contribution is 14.1. The summed E-state index contributed by atoms with van der Waals surface area (Å²) in [5.41, 5.74) is 4.13. The molecule has 0 aliphatic rings. The van der Waals surface area contributed by atoms with Crippen molar-refractivity contribution in [3.8, 4) is 17.2 Å². The maximum Gasteiger partial charge on any atom is 0.227 e. The van der Waals surface area contributed by atoms with Crippen LogP contribution < -0.4 is 4.74 Å². The number of aliphatic imine (C=N–C) groups is 1. The second-order valence-electron chi connectivity index (χ2n) is 5.83. The smallest absolute Gasteiger partial charge is 0.227 e. The van der Waals surface area contributed by atoms with Crippen molar-refractivity contribution < 1.29 is 9.15 Å². The third kappa shape index (κ3) is 3.99. The van der Waals surface area contributed by atoms with Crippen molar-refractivity contribution in [3.63, 3.8) is 0 Å². The molecule has 0 aliphatic carbocycles. The first kappa shape index (κ1) is 18.0. The Morgan fingerprint density at radius 3 is 2.63 bits per heavy atom. The minimum absolute atomic E-state index is 0.551. The van der Waals surface area contributed by atoms with Gasteiger partial charge in [0.15, 0.2) is 5.58 Å². The second-order valence-corrected chi connectivity index (χ2v) is 7.48. The van der Waals surface area contributed by atoms with E-state index in [1.165, 1.54) is 3.57 Å². The van der Waals surface area contributed by atoms with Gasteiger partial charge in [-0.25, -0.2) is 4.98 Å². The third-order valence-corrected chi connectivity index (χ3v) is 5.02. The monoisotopic (exact) mass is 488 g/mol. The highest BCUT2D eigenvalue weighted by atomic mass is 127. The van der Waals surface area contributed by atoms with Crippen LogP contribution in [-0.2, 0) is 0 Å². The van der Waals surface area contributed by atoms with Crippen LogP contribution in [0, 0.1) is 3.57 Å². The van der Waals surface area contributed by atoms with Gasteiger partial charge in [-0.05, 0) is 88.8 Å². The topological polar surface area (TPSA) is 47.6 Å². The van der Waals surface area contributed by atoms with Gasteiger partial charge in [0.1, 0.15) is 11.3 Å². The number of halogens is 2. The van der Waals surface area contributed by atoms with Crippen LogP contribution >= 0.6 is 34.2 Å². The molecular formula is C21H14ClIN2O2. The Labute approximate surface area is 175 Å². The summed E-state index contributed by atoms with van der Waals surface area (Å²) in [5.74, 6) is 1.24. The van der Waals surface area contributed by atoms with Crippen molar-refractivity contribution in [3.05, 3.63) is 74.8 Å². The molecule has 0 radical (unpaired) electrons. The van der Waals surface area contributed by atoms with Gasteiger partial charge in [0, 0.05) is 15.3 Å². The average Bonchev–Trinajstić information content (AvgIpc) is 3.10. The Hall–Kier alpha value is -2.38. The van der Waals surface area contributed by atoms with Crippen LogP contribution in [-0.4, -0.2) is 18.3 Å². The maximum absolute atomic E-state index is 6.15. The van der Waals surface area contributed by atoms with E-state index < -0.39 is 0 Å². The molecule has 0 spiro atoms. The summed E-state index contributed by atoms with van der Waals surface area (Å²) in [4.78, 5) is 9.09. The van der Waals surface area contributed by atoms with Crippen molar-refractivity contribution in [2.75, 3.05) is 7.11 Å². The number of hydrogen-bond acceptors (Lipinski definition) is 4. The van der Waals surface area contributed by atoms with Crippen LogP contribution in [0.3, 0.4) is 0 Å². The molecule has 27 heavy (non-hydrogen) atoms. The summed E-state index contributed by atoms with van der Waals surface area (Å²) in [5, 5.41) is 0.551. The fourth-order valence-electron chi connectivity index (χ4n) is 2.62. The molecule has 4 nitrogen and oxygen atoms in total. The lowest BCUT2D eigenvalue weighted by atomic mass is 10.2. The van der Waals surface area contributed by atoms with Gasteiger partial charge in [-0.2, -0.15) is 0 Å². The van der Waals surface area contributed by atoms with Gasteiger partial charge >= 0.3 is 0 Å². The highest BCUT2D eigenvalue weighted by Crippen LogP contribution is 2.28. The lowest BCUT2D eigenvalue weighted by Crippen LogP contribution is -1.86. The molecule has 4 rings (SSSR count). The van der Waals surface area contributed by atoms with Gasteiger partial charge in [-0.15, -0.1) is 0 Å². The minimum Gasteiger partial charge on any atom is -0.495 e. The summed E-state index contributed by atoms with van der Waals surface area (Å²) in [7, 11) is 1.59. The Morgan fingerprint density at radius 2 is 1.89 bits per heavy atom. The molecule has 0 fully saturated rings. The van der Waals surface area contributed by atoms with E-state index in [4.69, 9.17) is 20.8 Å². The van der Waals surface area contributed by atoms with Gasteiger partial charge in [0.05, 0.1) is 17.8 Å². The minimum atomic E-state index is 0.551. The van der Waals surface area contributed by atoms with E-state index in [-0.39, 0.29) is 0 Å². The van der Waals surface area contributed by atoms with E-state index in [9.17, 15) is 0 Å². The van der Waals surface area contributed by atoms with E-state index in [2.05, 4.69) is 32.6 Å². The lowest BCUT2D eigenvalue weighted by Gasteiger charge is -2.02. The molecule has 1 heterocycles. The molecule has 0 amide bonds. The van der Waals surface area contributed by atoms with Crippen LogP contribution in [0.4, 0.5) is 5.69 Å². The molecule has 0 bridgehead atoms.